The van der Waals surface area contributed by atoms with Crippen LogP contribution in [0.25, 0.3) is 0 Å². The van der Waals surface area contributed by atoms with Gasteiger partial charge in [0.05, 0.1) is 25.9 Å². The van der Waals surface area contributed by atoms with Crippen molar-refractivity contribution in [2.75, 3.05) is 44.3 Å². The molecule has 0 aromatic heterocycles. The molecule has 0 spiro atoms. The highest BCUT2D eigenvalue weighted by Crippen LogP contribution is 2.19. The summed E-state index contributed by atoms with van der Waals surface area (Å²) in [6, 6.07) is 7.44. The van der Waals surface area contributed by atoms with E-state index in [-0.39, 0.29) is 18.6 Å². The van der Waals surface area contributed by atoms with Crippen molar-refractivity contribution < 1.29 is 24.2 Å². The second-order valence-corrected chi connectivity index (χ2v) is 6.13. The fourth-order valence-electron chi connectivity index (χ4n) is 3.07. The predicted molar refractivity (Wildman–Crippen MR) is 87.3 cm³/mol. The quantitative estimate of drug-likeness (QED) is 0.882. The Morgan fingerprint density at radius 2 is 1.79 bits per heavy atom. The lowest BCUT2D eigenvalue weighted by Crippen LogP contribution is -2.51. The fraction of sp³-hybridized carbons (Fsp3) is 0.529. The van der Waals surface area contributed by atoms with Crippen LogP contribution in [0.1, 0.15) is 17.3 Å². The zero-order valence-corrected chi connectivity index (χ0v) is 13.7. The van der Waals surface area contributed by atoms with E-state index < -0.39 is 12.1 Å². The minimum Gasteiger partial charge on any atom is -0.479 e. The lowest BCUT2D eigenvalue weighted by atomic mass is 10.1. The molecule has 0 aliphatic carbocycles. The minimum atomic E-state index is -1.04. The van der Waals surface area contributed by atoms with Gasteiger partial charge in [0.15, 0.2) is 6.10 Å². The Hall–Kier alpha value is -2.12. The molecule has 130 valence electrons. The molecule has 7 nitrogen and oxygen atoms in total. The number of anilines is 1. The molecule has 1 N–H and O–H groups in total. The van der Waals surface area contributed by atoms with Gasteiger partial charge in [-0.25, -0.2) is 4.79 Å². The van der Waals surface area contributed by atoms with Crippen molar-refractivity contribution in [3.8, 4) is 0 Å². The SMILES string of the molecule is C[C@@H]1CN(C(=O)c2ccc(N3CCOCC3)cc2)CC(C(=O)O)O1. The van der Waals surface area contributed by atoms with E-state index in [9.17, 15) is 9.59 Å². The minimum absolute atomic E-state index is 0.0731. The van der Waals surface area contributed by atoms with E-state index in [1.807, 2.05) is 12.1 Å². The Morgan fingerprint density at radius 3 is 2.42 bits per heavy atom. The van der Waals surface area contributed by atoms with Crippen molar-refractivity contribution in [1.29, 1.82) is 0 Å². The van der Waals surface area contributed by atoms with Crippen LogP contribution in [-0.4, -0.2) is 73.5 Å². The maximum absolute atomic E-state index is 12.6. The number of carboxylic acid groups (broad SMARTS) is 1. The summed E-state index contributed by atoms with van der Waals surface area (Å²) in [6.07, 6.45) is -1.26. The summed E-state index contributed by atoms with van der Waals surface area (Å²) in [4.78, 5) is 27.6. The predicted octanol–water partition coefficient (Wildman–Crippen LogP) is 0.837. The number of carboxylic acids is 1. The number of aliphatic carboxylic acids is 1. The number of carbonyl (C=O) groups is 2. The van der Waals surface area contributed by atoms with Gasteiger partial charge in [0, 0.05) is 30.9 Å². The Kier molecular flexibility index (Phi) is 5.01. The summed E-state index contributed by atoms with van der Waals surface area (Å²) in [7, 11) is 0. The van der Waals surface area contributed by atoms with E-state index in [1.54, 1.807) is 24.0 Å². The van der Waals surface area contributed by atoms with E-state index in [0.29, 0.717) is 25.3 Å². The number of amides is 1. The van der Waals surface area contributed by atoms with E-state index in [1.165, 1.54) is 0 Å². The number of hydrogen-bond donors (Lipinski definition) is 1. The third-order valence-corrected chi connectivity index (χ3v) is 4.31. The van der Waals surface area contributed by atoms with E-state index in [0.717, 1.165) is 18.8 Å². The second kappa shape index (κ2) is 7.19. The summed E-state index contributed by atoms with van der Waals surface area (Å²) >= 11 is 0. The number of nitrogens with zero attached hydrogens (tertiary/aromatic N) is 2. The van der Waals surface area contributed by atoms with Crippen LogP contribution in [0.4, 0.5) is 5.69 Å². The van der Waals surface area contributed by atoms with Gasteiger partial charge in [-0.15, -0.1) is 0 Å². The maximum atomic E-state index is 12.6. The molecule has 0 radical (unpaired) electrons. The van der Waals surface area contributed by atoms with Gasteiger partial charge in [0.2, 0.25) is 0 Å². The van der Waals surface area contributed by atoms with Crippen LogP contribution >= 0.6 is 0 Å². The zero-order chi connectivity index (χ0) is 17.1. The van der Waals surface area contributed by atoms with Gasteiger partial charge in [-0.1, -0.05) is 0 Å². The molecule has 1 amide bonds. The number of morpholine rings is 2. The van der Waals surface area contributed by atoms with Gasteiger partial charge < -0.3 is 24.4 Å². The standard InChI is InChI=1S/C17H22N2O5/c1-12-10-19(11-15(24-12)17(21)22)16(20)13-2-4-14(5-3-13)18-6-8-23-9-7-18/h2-5,12,15H,6-11H2,1H3,(H,21,22)/t12-,15?/m1/s1. The number of benzene rings is 1. The van der Waals surface area contributed by atoms with Crippen LogP contribution in [0.3, 0.4) is 0 Å². The number of carbonyl (C=O) groups excluding carboxylic acids is 1. The van der Waals surface area contributed by atoms with Crippen LogP contribution in [0.2, 0.25) is 0 Å². The number of rotatable bonds is 3. The average molecular weight is 334 g/mol. The van der Waals surface area contributed by atoms with Crippen LogP contribution in [0.15, 0.2) is 24.3 Å². The Labute approximate surface area is 140 Å². The number of ether oxygens (including phenoxy) is 2. The largest absolute Gasteiger partial charge is 0.479 e. The molecule has 0 bridgehead atoms. The molecular formula is C17H22N2O5. The van der Waals surface area contributed by atoms with Crippen molar-refractivity contribution in [3.63, 3.8) is 0 Å². The smallest absolute Gasteiger partial charge is 0.334 e. The topological polar surface area (TPSA) is 79.3 Å². The summed E-state index contributed by atoms with van der Waals surface area (Å²) in [5.41, 5.74) is 1.62. The highest BCUT2D eigenvalue weighted by molar-refractivity contribution is 5.95. The van der Waals surface area contributed by atoms with E-state index in [2.05, 4.69) is 4.90 Å². The second-order valence-electron chi connectivity index (χ2n) is 6.13. The lowest BCUT2D eigenvalue weighted by molar-refractivity contribution is -0.160. The molecule has 1 aromatic rings. The van der Waals surface area contributed by atoms with E-state index in [4.69, 9.17) is 14.6 Å². The summed E-state index contributed by atoms with van der Waals surface area (Å²) in [5, 5.41) is 9.13. The lowest BCUT2D eigenvalue weighted by Gasteiger charge is -2.35. The van der Waals surface area contributed by atoms with Gasteiger partial charge in [-0.3, -0.25) is 4.79 Å². The monoisotopic (exact) mass is 334 g/mol. The van der Waals surface area contributed by atoms with Crippen LogP contribution in [-0.2, 0) is 14.3 Å². The van der Waals surface area contributed by atoms with Crippen molar-refractivity contribution in [2.24, 2.45) is 0 Å². The van der Waals surface area contributed by atoms with Crippen molar-refractivity contribution >= 4 is 17.6 Å². The molecule has 3 rings (SSSR count). The Morgan fingerprint density at radius 1 is 1.12 bits per heavy atom. The molecular weight excluding hydrogens is 312 g/mol. The first kappa shape index (κ1) is 16.7. The first-order valence-corrected chi connectivity index (χ1v) is 8.15. The fourth-order valence-corrected chi connectivity index (χ4v) is 3.07. The van der Waals surface area contributed by atoms with Crippen LogP contribution < -0.4 is 4.90 Å². The van der Waals surface area contributed by atoms with Gasteiger partial charge in [-0.05, 0) is 31.2 Å². The third-order valence-electron chi connectivity index (χ3n) is 4.31. The molecule has 2 saturated heterocycles. The van der Waals surface area contributed by atoms with E-state index >= 15 is 0 Å². The summed E-state index contributed by atoms with van der Waals surface area (Å²) in [6.45, 7) is 5.35. The first-order chi connectivity index (χ1) is 11.5. The average Bonchev–Trinajstić information content (AvgIpc) is 2.61. The molecule has 24 heavy (non-hydrogen) atoms. The Bertz CT molecular complexity index is 598. The van der Waals surface area contributed by atoms with Gasteiger partial charge in [-0.2, -0.15) is 0 Å². The van der Waals surface area contributed by atoms with Crippen molar-refractivity contribution in [1.82, 2.24) is 4.90 Å². The summed E-state index contributed by atoms with van der Waals surface area (Å²) in [5.74, 6) is -1.20. The third kappa shape index (κ3) is 3.68. The number of hydrogen-bond acceptors (Lipinski definition) is 5. The van der Waals surface area contributed by atoms with Crippen molar-refractivity contribution in [2.45, 2.75) is 19.1 Å². The maximum Gasteiger partial charge on any atom is 0.334 e. The normalized spacial score (nSPS) is 24.7. The van der Waals surface area contributed by atoms with Gasteiger partial charge in [0.25, 0.3) is 5.91 Å². The highest BCUT2D eigenvalue weighted by Gasteiger charge is 2.33. The van der Waals surface area contributed by atoms with Gasteiger partial charge in [0.1, 0.15) is 0 Å². The van der Waals surface area contributed by atoms with Gasteiger partial charge >= 0.3 is 5.97 Å². The molecule has 2 heterocycles. The molecule has 7 heteroatoms. The molecule has 2 fully saturated rings. The van der Waals surface area contributed by atoms with Crippen LogP contribution in [0, 0.1) is 0 Å². The summed E-state index contributed by atoms with van der Waals surface area (Å²) < 4.78 is 10.7. The van der Waals surface area contributed by atoms with Crippen LogP contribution in [0.5, 0.6) is 0 Å². The molecule has 2 aliphatic heterocycles. The molecule has 0 saturated carbocycles. The Balaban J connectivity index is 1.69. The molecule has 2 aliphatic rings. The molecule has 1 aromatic carbocycles. The zero-order valence-electron chi connectivity index (χ0n) is 13.7. The van der Waals surface area contributed by atoms with Crippen molar-refractivity contribution in [3.05, 3.63) is 29.8 Å². The first-order valence-electron chi connectivity index (χ1n) is 8.15. The molecule has 1 unspecified atom stereocenters. The highest BCUT2D eigenvalue weighted by atomic mass is 16.5. The molecule has 2 atom stereocenters.